The van der Waals surface area contributed by atoms with E-state index in [0.717, 1.165) is 0 Å². The molecule has 0 radical (unpaired) electrons. The fourth-order valence-electron chi connectivity index (χ4n) is 3.16. The zero-order valence-electron chi connectivity index (χ0n) is 21.0. The van der Waals surface area contributed by atoms with Crippen LogP contribution in [0.2, 0.25) is 78.6 Å². The highest BCUT2D eigenvalue weighted by Crippen LogP contribution is 2.34. The quantitative estimate of drug-likeness (QED) is 0.414. The van der Waals surface area contributed by atoms with Gasteiger partial charge in [0.25, 0.3) is 0 Å². The van der Waals surface area contributed by atoms with Crippen molar-refractivity contribution < 1.29 is 27.2 Å². The van der Waals surface area contributed by atoms with Crippen LogP contribution in [0.5, 0.6) is 0 Å². The normalized spacial score (nSPS) is 29.9. The summed E-state index contributed by atoms with van der Waals surface area (Å²) >= 11 is 0. The maximum absolute atomic E-state index is 6.72. The van der Waals surface area contributed by atoms with Gasteiger partial charge >= 0.3 is 0 Å². The van der Waals surface area contributed by atoms with E-state index in [1.54, 1.807) is 7.11 Å². The van der Waals surface area contributed by atoms with E-state index in [1.165, 1.54) is 0 Å². The molecule has 0 amide bonds. The van der Waals surface area contributed by atoms with E-state index in [4.69, 9.17) is 27.2 Å². The largest absolute Gasteiger partial charge is 0.415 e. The Morgan fingerprint density at radius 1 is 0.586 bits per heavy atom. The molecule has 5 atom stereocenters. The second-order valence-corrected chi connectivity index (χ2v) is 29.7. The predicted molar refractivity (Wildman–Crippen MR) is 130 cm³/mol. The maximum Gasteiger partial charge on any atom is 0.185 e. The van der Waals surface area contributed by atoms with E-state index in [0.29, 0.717) is 6.61 Å². The van der Waals surface area contributed by atoms with Crippen molar-refractivity contribution in [3.63, 3.8) is 0 Å². The van der Waals surface area contributed by atoms with Crippen molar-refractivity contribution in [1.82, 2.24) is 0 Å². The molecule has 1 saturated heterocycles. The van der Waals surface area contributed by atoms with Crippen molar-refractivity contribution in [2.24, 2.45) is 0 Å². The average molecular weight is 483 g/mol. The molecule has 0 aliphatic carbocycles. The van der Waals surface area contributed by atoms with Crippen LogP contribution in [-0.4, -0.2) is 77.7 Å². The van der Waals surface area contributed by atoms with Crippen molar-refractivity contribution in [1.29, 1.82) is 0 Å². The first-order valence-electron chi connectivity index (χ1n) is 10.7. The Morgan fingerprint density at radius 3 is 1.38 bits per heavy atom. The summed E-state index contributed by atoms with van der Waals surface area (Å²) in [4.78, 5) is 0. The lowest BCUT2D eigenvalue weighted by Crippen LogP contribution is -2.66. The second kappa shape index (κ2) is 10.1. The van der Waals surface area contributed by atoms with E-state index in [1.807, 2.05) is 0 Å². The lowest BCUT2D eigenvalue weighted by molar-refractivity contribution is -0.283. The Bertz CT molecular complexity index is 507. The molecule has 174 valence electrons. The third kappa shape index (κ3) is 10.7. The van der Waals surface area contributed by atoms with Crippen LogP contribution in [0.1, 0.15) is 0 Å². The third-order valence-electron chi connectivity index (χ3n) is 3.97. The number of hydrogen-bond acceptors (Lipinski definition) is 6. The summed E-state index contributed by atoms with van der Waals surface area (Å²) in [5.74, 6) is 0. The SMILES string of the molecule is CO[C@H]1O[C@H](CO[Si](C)(C)C)[C@@H](O[Si](C)(C)C)[C@H](O[Si](C)(C)C)[C@@H]1O[Si](C)(C)C. The van der Waals surface area contributed by atoms with Gasteiger partial charge in [0.05, 0.1) is 6.61 Å². The summed E-state index contributed by atoms with van der Waals surface area (Å²) < 4.78 is 38.4. The van der Waals surface area contributed by atoms with E-state index < -0.39 is 39.6 Å². The molecule has 0 unspecified atom stereocenters. The fourth-order valence-corrected chi connectivity index (χ4v) is 7.07. The molecule has 0 spiro atoms. The molecule has 1 fully saturated rings. The van der Waals surface area contributed by atoms with Crippen LogP contribution in [0.4, 0.5) is 0 Å². The zero-order chi connectivity index (χ0) is 22.8. The molecule has 1 heterocycles. The molecule has 6 nitrogen and oxygen atoms in total. The lowest BCUT2D eigenvalue weighted by Gasteiger charge is -2.50. The first kappa shape index (κ1) is 27.7. The maximum atomic E-state index is 6.72. The van der Waals surface area contributed by atoms with Gasteiger partial charge in [-0.2, -0.15) is 0 Å². The van der Waals surface area contributed by atoms with Crippen molar-refractivity contribution in [2.45, 2.75) is 109 Å². The Labute approximate surface area is 183 Å². The molecule has 0 aromatic rings. The molecular weight excluding hydrogens is 437 g/mol. The predicted octanol–water partition coefficient (Wildman–Crippen LogP) is 4.87. The zero-order valence-corrected chi connectivity index (χ0v) is 25.0. The van der Waals surface area contributed by atoms with Gasteiger partial charge < -0.3 is 27.2 Å². The summed E-state index contributed by atoms with van der Waals surface area (Å²) in [7, 11) is -5.66. The Balaban J connectivity index is 3.34. The highest BCUT2D eigenvalue weighted by atomic mass is 28.4. The van der Waals surface area contributed by atoms with Crippen LogP contribution in [0.25, 0.3) is 0 Å². The first-order chi connectivity index (χ1) is 12.8. The minimum absolute atomic E-state index is 0.238. The molecule has 0 aromatic carbocycles. The van der Waals surface area contributed by atoms with Crippen molar-refractivity contribution in [3.8, 4) is 0 Å². The summed E-state index contributed by atoms with van der Waals surface area (Å²) in [6.45, 7) is 26.8. The van der Waals surface area contributed by atoms with Crippen LogP contribution >= 0.6 is 0 Å². The highest BCUT2D eigenvalue weighted by Gasteiger charge is 2.51. The first-order valence-corrected chi connectivity index (χ1v) is 24.3. The van der Waals surface area contributed by atoms with Crippen LogP contribution in [0.15, 0.2) is 0 Å². The molecule has 1 aliphatic heterocycles. The standard InChI is InChI=1S/C19H46O6Si4/c1-20-19-18(25-29(11,12)13)17(24-28(8,9)10)16(23-27(5,6)7)15(22-19)14-21-26(2,3)4/h15-19H,14H2,1-13H3/t15-,16-,17+,18+,19+/m1/s1. The van der Waals surface area contributed by atoms with Crippen LogP contribution in [-0.2, 0) is 27.2 Å². The molecule has 0 aromatic heterocycles. The molecule has 0 saturated carbocycles. The monoisotopic (exact) mass is 482 g/mol. The molecule has 10 heteroatoms. The average Bonchev–Trinajstić information content (AvgIpc) is 2.44. The minimum Gasteiger partial charge on any atom is -0.415 e. The Hall–Kier alpha value is 0.628. The van der Waals surface area contributed by atoms with E-state index in [-0.39, 0.29) is 24.4 Å². The molecule has 1 rings (SSSR count). The van der Waals surface area contributed by atoms with Gasteiger partial charge in [-0.25, -0.2) is 0 Å². The fraction of sp³-hybridized carbons (Fsp3) is 1.00. The summed E-state index contributed by atoms with van der Waals surface area (Å²) in [6.07, 6.45) is -1.55. The molecule has 0 bridgehead atoms. The number of ether oxygens (including phenoxy) is 2. The van der Waals surface area contributed by atoms with Gasteiger partial charge in [-0.3, -0.25) is 0 Å². The van der Waals surface area contributed by atoms with Gasteiger partial charge in [0.2, 0.25) is 0 Å². The van der Waals surface area contributed by atoms with Gasteiger partial charge in [-0.05, 0) is 78.6 Å². The van der Waals surface area contributed by atoms with E-state index in [2.05, 4.69) is 78.6 Å². The number of rotatable bonds is 10. The van der Waals surface area contributed by atoms with Gasteiger partial charge in [-0.1, -0.05) is 0 Å². The highest BCUT2D eigenvalue weighted by molar-refractivity contribution is 6.71. The van der Waals surface area contributed by atoms with Gasteiger partial charge in [0, 0.05) is 7.11 Å². The smallest absolute Gasteiger partial charge is 0.185 e. The molecular formula is C19H46O6Si4. The Morgan fingerprint density at radius 2 is 1.00 bits per heavy atom. The minimum atomic E-state index is -1.88. The molecule has 0 N–H and O–H groups in total. The number of methoxy groups -OCH3 is 1. The lowest BCUT2D eigenvalue weighted by atomic mass is 9.99. The topological polar surface area (TPSA) is 55.4 Å². The van der Waals surface area contributed by atoms with E-state index in [9.17, 15) is 0 Å². The van der Waals surface area contributed by atoms with Crippen LogP contribution < -0.4 is 0 Å². The summed E-state index contributed by atoms with van der Waals surface area (Å²) in [5.41, 5.74) is 0. The van der Waals surface area contributed by atoms with Crippen LogP contribution in [0, 0.1) is 0 Å². The molecule has 29 heavy (non-hydrogen) atoms. The Kier molecular flexibility index (Phi) is 9.59. The van der Waals surface area contributed by atoms with E-state index >= 15 is 0 Å². The molecule has 1 aliphatic rings. The third-order valence-corrected chi connectivity index (χ3v) is 7.94. The van der Waals surface area contributed by atoms with Crippen LogP contribution in [0.3, 0.4) is 0 Å². The van der Waals surface area contributed by atoms with Crippen molar-refractivity contribution >= 4 is 33.3 Å². The van der Waals surface area contributed by atoms with Crippen molar-refractivity contribution in [2.75, 3.05) is 13.7 Å². The number of hydrogen-bond donors (Lipinski definition) is 0. The van der Waals surface area contributed by atoms with Gasteiger partial charge in [0.15, 0.2) is 39.6 Å². The second-order valence-electron chi connectivity index (χ2n) is 11.8. The van der Waals surface area contributed by atoms with Crippen molar-refractivity contribution in [3.05, 3.63) is 0 Å². The van der Waals surface area contributed by atoms with Gasteiger partial charge in [-0.15, -0.1) is 0 Å². The van der Waals surface area contributed by atoms with Gasteiger partial charge in [0.1, 0.15) is 24.4 Å². The summed E-state index contributed by atoms with van der Waals surface area (Å²) in [5, 5.41) is 0. The summed E-state index contributed by atoms with van der Waals surface area (Å²) in [6, 6.07) is 0.